The molecule has 0 spiro atoms. The van der Waals surface area contributed by atoms with Gasteiger partial charge in [-0.15, -0.1) is 0 Å². The van der Waals surface area contributed by atoms with E-state index < -0.39 is 0 Å². The number of halogens is 3. The van der Waals surface area contributed by atoms with Gasteiger partial charge in [0, 0.05) is 17.6 Å². The van der Waals surface area contributed by atoms with Crippen LogP contribution in [0.3, 0.4) is 0 Å². The van der Waals surface area contributed by atoms with Gasteiger partial charge in [0.15, 0.2) is 0 Å². The van der Waals surface area contributed by atoms with E-state index in [0.717, 1.165) is 5.56 Å². The first-order valence-electron chi connectivity index (χ1n) is 5.34. The van der Waals surface area contributed by atoms with Crippen LogP contribution in [0, 0.1) is 6.92 Å². The summed E-state index contributed by atoms with van der Waals surface area (Å²) in [6.45, 7) is 1.86. The molecule has 0 aliphatic heterocycles. The Bertz CT molecular complexity index is 622. The van der Waals surface area contributed by atoms with E-state index in [9.17, 15) is 0 Å². The van der Waals surface area contributed by atoms with Crippen molar-refractivity contribution in [3.8, 4) is 11.6 Å². The summed E-state index contributed by atoms with van der Waals surface area (Å²) < 4.78 is 6.40. The number of rotatable bonds is 3. The van der Waals surface area contributed by atoms with Crippen molar-refractivity contribution < 1.29 is 4.74 Å². The highest BCUT2D eigenvalue weighted by Crippen LogP contribution is 2.37. The van der Waals surface area contributed by atoms with Crippen LogP contribution >= 0.6 is 39.1 Å². The third-order valence-electron chi connectivity index (χ3n) is 2.46. The number of benzene rings is 1. The Morgan fingerprint density at radius 1 is 1.21 bits per heavy atom. The molecular formula is C12H10BrCl2N3O. The van der Waals surface area contributed by atoms with Crippen molar-refractivity contribution in [3.05, 3.63) is 38.5 Å². The van der Waals surface area contributed by atoms with Crippen LogP contribution in [-0.2, 0) is 0 Å². The molecule has 0 fully saturated rings. The van der Waals surface area contributed by atoms with E-state index in [4.69, 9.17) is 27.9 Å². The third kappa shape index (κ3) is 3.11. The van der Waals surface area contributed by atoms with E-state index in [1.54, 1.807) is 19.2 Å². The second-order valence-corrected chi connectivity index (χ2v) is 5.37. The summed E-state index contributed by atoms with van der Waals surface area (Å²) in [5.74, 6) is 1.57. The van der Waals surface area contributed by atoms with E-state index in [0.29, 0.717) is 32.0 Å². The maximum atomic E-state index is 6.10. The summed E-state index contributed by atoms with van der Waals surface area (Å²) in [5.41, 5.74) is 0.792. The number of anilines is 1. The van der Waals surface area contributed by atoms with Gasteiger partial charge in [-0.1, -0.05) is 23.2 Å². The minimum atomic E-state index is 0.430. The molecule has 0 aliphatic rings. The minimum absolute atomic E-state index is 0.430. The lowest BCUT2D eigenvalue weighted by atomic mass is 10.3. The Hall–Kier alpha value is -1.04. The van der Waals surface area contributed by atoms with Gasteiger partial charge < -0.3 is 10.1 Å². The number of nitrogens with one attached hydrogen (secondary N) is 1. The summed E-state index contributed by atoms with van der Waals surface area (Å²) in [6.07, 6.45) is 1.42. The third-order valence-corrected chi connectivity index (χ3v) is 3.95. The van der Waals surface area contributed by atoms with Crippen LogP contribution in [0.5, 0.6) is 11.6 Å². The summed E-state index contributed by atoms with van der Waals surface area (Å²) in [5, 5.41) is 3.92. The van der Waals surface area contributed by atoms with Gasteiger partial charge in [-0.2, -0.15) is 0 Å². The molecule has 0 atom stereocenters. The summed E-state index contributed by atoms with van der Waals surface area (Å²) in [7, 11) is 1.78. The van der Waals surface area contributed by atoms with Crippen molar-refractivity contribution in [3.63, 3.8) is 0 Å². The first-order valence-corrected chi connectivity index (χ1v) is 6.89. The molecule has 100 valence electrons. The Labute approximate surface area is 129 Å². The molecule has 4 nitrogen and oxygen atoms in total. The molecule has 1 N–H and O–H groups in total. The van der Waals surface area contributed by atoms with Gasteiger partial charge in [0.1, 0.15) is 17.9 Å². The van der Waals surface area contributed by atoms with Gasteiger partial charge in [0.2, 0.25) is 5.88 Å². The second-order valence-electron chi connectivity index (χ2n) is 3.70. The van der Waals surface area contributed by atoms with Crippen molar-refractivity contribution >= 4 is 44.9 Å². The number of ether oxygens (including phenoxy) is 1. The normalized spacial score (nSPS) is 10.4. The smallest absolute Gasteiger partial charge is 0.227 e. The lowest BCUT2D eigenvalue weighted by Gasteiger charge is -2.11. The fourth-order valence-corrected chi connectivity index (χ4v) is 2.31. The first-order chi connectivity index (χ1) is 9.02. The Kier molecular flexibility index (Phi) is 4.50. The average Bonchev–Trinajstić information content (AvgIpc) is 2.38. The number of nitrogens with zero attached hydrogens (tertiary/aromatic N) is 2. The van der Waals surface area contributed by atoms with E-state index in [2.05, 4.69) is 31.2 Å². The van der Waals surface area contributed by atoms with Gasteiger partial charge in [-0.3, -0.25) is 0 Å². The molecule has 1 aromatic heterocycles. The van der Waals surface area contributed by atoms with E-state index in [1.807, 2.05) is 6.92 Å². The zero-order valence-corrected chi connectivity index (χ0v) is 13.3. The molecule has 2 aromatic rings. The van der Waals surface area contributed by atoms with Crippen molar-refractivity contribution in [2.45, 2.75) is 6.92 Å². The van der Waals surface area contributed by atoms with Gasteiger partial charge in [-0.25, -0.2) is 9.97 Å². The summed E-state index contributed by atoms with van der Waals surface area (Å²) in [4.78, 5) is 8.17. The topological polar surface area (TPSA) is 47.0 Å². The van der Waals surface area contributed by atoms with Gasteiger partial charge in [-0.05, 0) is 28.9 Å². The van der Waals surface area contributed by atoms with Crippen LogP contribution in [0.4, 0.5) is 5.82 Å². The van der Waals surface area contributed by atoms with Crippen molar-refractivity contribution in [1.82, 2.24) is 9.97 Å². The molecule has 0 unspecified atom stereocenters. The molecule has 1 aromatic carbocycles. The number of aromatic nitrogens is 2. The van der Waals surface area contributed by atoms with Crippen LogP contribution in [0.15, 0.2) is 22.9 Å². The zero-order chi connectivity index (χ0) is 14.0. The van der Waals surface area contributed by atoms with Crippen LogP contribution in [0.2, 0.25) is 10.0 Å². The van der Waals surface area contributed by atoms with E-state index in [1.165, 1.54) is 6.33 Å². The Morgan fingerprint density at radius 2 is 1.95 bits per heavy atom. The molecule has 1 heterocycles. The lowest BCUT2D eigenvalue weighted by Crippen LogP contribution is -2.00. The summed E-state index contributed by atoms with van der Waals surface area (Å²) >= 11 is 15.4. The SMILES string of the molecule is CNc1ncnc(Oc2cc(Cl)c(Br)cc2Cl)c1C. The molecular weight excluding hydrogens is 353 g/mol. The molecule has 0 amide bonds. The number of hydrogen-bond donors (Lipinski definition) is 1. The molecule has 0 radical (unpaired) electrons. The molecule has 0 saturated heterocycles. The lowest BCUT2D eigenvalue weighted by molar-refractivity contribution is 0.458. The molecule has 2 rings (SSSR count). The second kappa shape index (κ2) is 5.94. The minimum Gasteiger partial charge on any atom is -0.437 e. The van der Waals surface area contributed by atoms with Crippen molar-refractivity contribution in [1.29, 1.82) is 0 Å². The fourth-order valence-electron chi connectivity index (χ4n) is 1.48. The molecule has 0 bridgehead atoms. The van der Waals surface area contributed by atoms with E-state index >= 15 is 0 Å². The average molecular weight is 363 g/mol. The first kappa shape index (κ1) is 14.4. The molecule has 19 heavy (non-hydrogen) atoms. The largest absolute Gasteiger partial charge is 0.437 e. The molecule has 0 aliphatic carbocycles. The maximum Gasteiger partial charge on any atom is 0.227 e. The predicted molar refractivity (Wildman–Crippen MR) is 80.6 cm³/mol. The van der Waals surface area contributed by atoms with Crippen molar-refractivity contribution in [2.24, 2.45) is 0 Å². The van der Waals surface area contributed by atoms with Gasteiger partial charge >= 0.3 is 0 Å². The standard InChI is InChI=1S/C12H10BrCl2N3O/c1-6-11(16-2)17-5-18-12(6)19-10-4-8(14)7(13)3-9(10)15/h3-5H,1-2H3,(H,16,17,18). The van der Waals surface area contributed by atoms with Crippen molar-refractivity contribution in [2.75, 3.05) is 12.4 Å². The van der Waals surface area contributed by atoms with Crippen LogP contribution < -0.4 is 10.1 Å². The molecule has 0 saturated carbocycles. The maximum absolute atomic E-state index is 6.10. The quantitative estimate of drug-likeness (QED) is 0.804. The highest BCUT2D eigenvalue weighted by molar-refractivity contribution is 9.10. The van der Waals surface area contributed by atoms with Crippen LogP contribution in [-0.4, -0.2) is 17.0 Å². The van der Waals surface area contributed by atoms with Crippen LogP contribution in [0.1, 0.15) is 5.56 Å². The Morgan fingerprint density at radius 3 is 2.63 bits per heavy atom. The monoisotopic (exact) mass is 361 g/mol. The van der Waals surface area contributed by atoms with Gasteiger partial charge in [0.25, 0.3) is 0 Å². The van der Waals surface area contributed by atoms with E-state index in [-0.39, 0.29) is 0 Å². The predicted octanol–water partition coefficient (Wildman–Crippen LogP) is 4.69. The number of hydrogen-bond acceptors (Lipinski definition) is 4. The zero-order valence-electron chi connectivity index (χ0n) is 10.2. The Balaban J connectivity index is 2.39. The van der Waals surface area contributed by atoms with Gasteiger partial charge in [0.05, 0.1) is 15.6 Å². The summed E-state index contributed by atoms with van der Waals surface area (Å²) in [6, 6.07) is 3.31. The highest BCUT2D eigenvalue weighted by atomic mass is 79.9. The fraction of sp³-hybridized carbons (Fsp3) is 0.167. The van der Waals surface area contributed by atoms with Crippen LogP contribution in [0.25, 0.3) is 0 Å². The highest BCUT2D eigenvalue weighted by Gasteiger charge is 2.12. The molecule has 7 heteroatoms.